The molecule has 1 aromatic carbocycles. The van der Waals surface area contributed by atoms with Crippen LogP contribution in [-0.2, 0) is 0 Å². The van der Waals surface area contributed by atoms with Crippen LogP contribution in [0, 0.1) is 5.82 Å². The van der Waals surface area contributed by atoms with Crippen LogP contribution < -0.4 is 5.73 Å². The molecule has 0 saturated heterocycles. The Kier molecular flexibility index (Phi) is 3.59. The molecule has 2 atom stereocenters. The summed E-state index contributed by atoms with van der Waals surface area (Å²) in [4.78, 5) is 0. The SMILES string of the molecule is C[C@@H](N)CC(c1ccc(F)cc1)c1ccco1. The van der Waals surface area contributed by atoms with E-state index in [2.05, 4.69) is 0 Å². The standard InChI is InChI=1S/C14H16FNO/c1-10(16)9-13(14-3-2-8-17-14)11-4-6-12(15)7-5-11/h2-8,10,13H,9,16H2,1H3/t10-,13?/m1/s1. The maximum absolute atomic E-state index is 12.9. The summed E-state index contributed by atoms with van der Waals surface area (Å²) < 4.78 is 18.3. The van der Waals surface area contributed by atoms with Crippen molar-refractivity contribution in [2.75, 3.05) is 0 Å². The molecule has 0 amide bonds. The Balaban J connectivity index is 2.30. The average molecular weight is 233 g/mol. The molecule has 2 nitrogen and oxygen atoms in total. The molecule has 2 aromatic rings. The van der Waals surface area contributed by atoms with Gasteiger partial charge in [0, 0.05) is 12.0 Å². The van der Waals surface area contributed by atoms with E-state index >= 15 is 0 Å². The molecule has 1 heterocycles. The number of nitrogens with two attached hydrogens (primary N) is 1. The summed E-state index contributed by atoms with van der Waals surface area (Å²) in [7, 11) is 0. The predicted octanol–water partition coefficient (Wildman–Crippen LogP) is 3.29. The average Bonchev–Trinajstić information content (AvgIpc) is 2.80. The van der Waals surface area contributed by atoms with Gasteiger partial charge in [-0.3, -0.25) is 0 Å². The van der Waals surface area contributed by atoms with Gasteiger partial charge < -0.3 is 10.2 Å². The topological polar surface area (TPSA) is 39.2 Å². The van der Waals surface area contributed by atoms with E-state index < -0.39 is 0 Å². The van der Waals surface area contributed by atoms with Crippen molar-refractivity contribution >= 4 is 0 Å². The monoisotopic (exact) mass is 233 g/mol. The first-order valence-electron chi connectivity index (χ1n) is 5.71. The number of hydrogen-bond acceptors (Lipinski definition) is 2. The van der Waals surface area contributed by atoms with Crippen molar-refractivity contribution in [2.45, 2.75) is 25.3 Å². The summed E-state index contributed by atoms with van der Waals surface area (Å²) in [5.74, 6) is 0.729. The lowest BCUT2D eigenvalue weighted by Crippen LogP contribution is -2.19. The zero-order chi connectivity index (χ0) is 12.3. The minimum Gasteiger partial charge on any atom is -0.469 e. The highest BCUT2D eigenvalue weighted by atomic mass is 19.1. The minimum atomic E-state index is -0.229. The Morgan fingerprint density at radius 3 is 2.47 bits per heavy atom. The van der Waals surface area contributed by atoms with Gasteiger partial charge in [-0.15, -0.1) is 0 Å². The lowest BCUT2D eigenvalue weighted by atomic mass is 9.90. The molecule has 17 heavy (non-hydrogen) atoms. The normalized spacial score (nSPS) is 14.5. The molecule has 0 saturated carbocycles. The number of halogens is 1. The van der Waals surface area contributed by atoms with E-state index in [9.17, 15) is 4.39 Å². The third-order valence-corrected chi connectivity index (χ3v) is 2.77. The molecule has 0 aliphatic rings. The summed E-state index contributed by atoms with van der Waals surface area (Å²) in [6, 6.07) is 10.3. The molecule has 1 aromatic heterocycles. The molecular formula is C14H16FNO. The summed E-state index contributed by atoms with van der Waals surface area (Å²) in [6.45, 7) is 1.96. The second-order valence-electron chi connectivity index (χ2n) is 4.33. The van der Waals surface area contributed by atoms with Gasteiger partial charge in [0.15, 0.2) is 0 Å². The Morgan fingerprint density at radius 2 is 1.94 bits per heavy atom. The fourth-order valence-corrected chi connectivity index (χ4v) is 1.97. The number of benzene rings is 1. The molecule has 90 valence electrons. The predicted molar refractivity (Wildman–Crippen MR) is 65.2 cm³/mol. The third-order valence-electron chi connectivity index (χ3n) is 2.77. The van der Waals surface area contributed by atoms with E-state index in [0.717, 1.165) is 17.7 Å². The fourth-order valence-electron chi connectivity index (χ4n) is 1.97. The maximum atomic E-state index is 12.9. The summed E-state index contributed by atoms with van der Waals surface area (Å²) >= 11 is 0. The lowest BCUT2D eigenvalue weighted by molar-refractivity contribution is 0.459. The zero-order valence-corrected chi connectivity index (χ0v) is 9.77. The molecule has 0 fully saturated rings. The highest BCUT2D eigenvalue weighted by Crippen LogP contribution is 2.29. The van der Waals surface area contributed by atoms with Crippen molar-refractivity contribution in [3.05, 3.63) is 59.8 Å². The van der Waals surface area contributed by atoms with Crippen LogP contribution in [0.25, 0.3) is 0 Å². The highest BCUT2D eigenvalue weighted by molar-refractivity contribution is 5.27. The molecule has 2 N–H and O–H groups in total. The molecule has 3 heteroatoms. The second-order valence-corrected chi connectivity index (χ2v) is 4.33. The molecule has 0 aliphatic heterocycles. The van der Waals surface area contributed by atoms with Crippen LogP contribution in [0.3, 0.4) is 0 Å². The van der Waals surface area contributed by atoms with Gasteiger partial charge in [-0.05, 0) is 43.2 Å². The minimum absolute atomic E-state index is 0.0650. The first kappa shape index (κ1) is 11.9. The van der Waals surface area contributed by atoms with Crippen LogP contribution in [-0.4, -0.2) is 6.04 Å². The Hall–Kier alpha value is -1.61. The van der Waals surface area contributed by atoms with Crippen LogP contribution in [0.2, 0.25) is 0 Å². The van der Waals surface area contributed by atoms with Crippen molar-refractivity contribution in [2.24, 2.45) is 5.73 Å². The number of rotatable bonds is 4. The van der Waals surface area contributed by atoms with Gasteiger partial charge in [0.2, 0.25) is 0 Å². The Labute approximate surface area is 100 Å². The molecule has 0 radical (unpaired) electrons. The Morgan fingerprint density at radius 1 is 1.24 bits per heavy atom. The number of furan rings is 1. The van der Waals surface area contributed by atoms with Crippen molar-refractivity contribution in [1.82, 2.24) is 0 Å². The van der Waals surface area contributed by atoms with E-state index in [4.69, 9.17) is 10.2 Å². The molecular weight excluding hydrogens is 217 g/mol. The summed E-state index contributed by atoms with van der Waals surface area (Å²) in [6.07, 6.45) is 2.42. The van der Waals surface area contributed by atoms with E-state index in [1.807, 2.05) is 19.1 Å². The van der Waals surface area contributed by atoms with Crippen molar-refractivity contribution in [3.8, 4) is 0 Å². The Bertz CT molecular complexity index is 448. The number of hydrogen-bond donors (Lipinski definition) is 1. The first-order valence-corrected chi connectivity index (χ1v) is 5.71. The largest absolute Gasteiger partial charge is 0.469 e. The van der Waals surface area contributed by atoms with Gasteiger partial charge in [-0.25, -0.2) is 4.39 Å². The second kappa shape index (κ2) is 5.15. The molecule has 0 bridgehead atoms. The van der Waals surface area contributed by atoms with Gasteiger partial charge in [-0.2, -0.15) is 0 Å². The van der Waals surface area contributed by atoms with Crippen LogP contribution in [0.1, 0.15) is 30.6 Å². The van der Waals surface area contributed by atoms with Crippen LogP contribution in [0.5, 0.6) is 0 Å². The van der Waals surface area contributed by atoms with Gasteiger partial charge in [0.25, 0.3) is 0 Å². The van der Waals surface area contributed by atoms with Gasteiger partial charge in [0.1, 0.15) is 11.6 Å². The molecule has 0 aliphatic carbocycles. The van der Waals surface area contributed by atoms with E-state index in [0.29, 0.717) is 0 Å². The maximum Gasteiger partial charge on any atom is 0.123 e. The first-order chi connectivity index (χ1) is 8.16. The van der Waals surface area contributed by atoms with Gasteiger partial charge in [-0.1, -0.05) is 12.1 Å². The van der Waals surface area contributed by atoms with E-state index in [1.54, 1.807) is 18.4 Å². The van der Waals surface area contributed by atoms with Crippen LogP contribution in [0.15, 0.2) is 47.1 Å². The van der Waals surface area contributed by atoms with Crippen molar-refractivity contribution < 1.29 is 8.81 Å². The lowest BCUT2D eigenvalue weighted by Gasteiger charge is -2.17. The molecule has 2 rings (SSSR count). The van der Waals surface area contributed by atoms with Crippen LogP contribution in [0.4, 0.5) is 4.39 Å². The smallest absolute Gasteiger partial charge is 0.123 e. The summed E-state index contributed by atoms with van der Waals surface area (Å²) in [5, 5.41) is 0. The fraction of sp³-hybridized carbons (Fsp3) is 0.286. The molecule has 1 unspecified atom stereocenters. The van der Waals surface area contributed by atoms with E-state index in [1.165, 1.54) is 12.1 Å². The highest BCUT2D eigenvalue weighted by Gasteiger charge is 2.18. The van der Waals surface area contributed by atoms with Crippen molar-refractivity contribution in [3.63, 3.8) is 0 Å². The van der Waals surface area contributed by atoms with Crippen molar-refractivity contribution in [1.29, 1.82) is 0 Å². The van der Waals surface area contributed by atoms with Gasteiger partial charge >= 0.3 is 0 Å². The molecule has 0 spiro atoms. The third kappa shape index (κ3) is 2.94. The quantitative estimate of drug-likeness (QED) is 0.880. The van der Waals surface area contributed by atoms with E-state index in [-0.39, 0.29) is 17.8 Å². The van der Waals surface area contributed by atoms with Crippen LogP contribution >= 0.6 is 0 Å². The zero-order valence-electron chi connectivity index (χ0n) is 9.77. The van der Waals surface area contributed by atoms with Gasteiger partial charge in [0.05, 0.1) is 6.26 Å². The summed E-state index contributed by atoms with van der Waals surface area (Å²) in [5.41, 5.74) is 6.88.